The zero-order valence-corrected chi connectivity index (χ0v) is 23.3. The number of likely N-dealkylation sites (N-methyl/N-ethyl adjacent to an activating group) is 1. The van der Waals surface area contributed by atoms with Crippen LogP contribution in [0.5, 0.6) is 0 Å². The standard InChI is InChI=1S/C31H43N3O3/c1-19(35)32-21-11-9-20(10-12-21)29(2,3)33-28(37)22-18-25-31(5,17-14-26(36)34(25)6)24-13-16-30(4)15-7-8-23(30)27(22)24/h9-12,14,17,22-25,27H,7-8,13,15-16,18H2,1-6H3,(H,32,35)(H,33,37)/t22-,23-,24-,25+,27-,30-,31+/m0/s1. The fourth-order valence-electron chi connectivity index (χ4n) is 8.63. The average molecular weight is 506 g/mol. The van der Waals surface area contributed by atoms with Crippen LogP contribution >= 0.6 is 0 Å². The summed E-state index contributed by atoms with van der Waals surface area (Å²) in [7, 11) is 1.91. The van der Waals surface area contributed by atoms with E-state index < -0.39 is 5.54 Å². The van der Waals surface area contributed by atoms with Gasteiger partial charge in [0, 0.05) is 37.0 Å². The van der Waals surface area contributed by atoms with E-state index in [4.69, 9.17) is 0 Å². The van der Waals surface area contributed by atoms with Crippen LogP contribution in [0.25, 0.3) is 0 Å². The zero-order chi connectivity index (χ0) is 26.8. The highest BCUT2D eigenvalue weighted by Crippen LogP contribution is 2.65. The van der Waals surface area contributed by atoms with E-state index in [-0.39, 0.29) is 35.1 Å². The average Bonchev–Trinajstić information content (AvgIpc) is 3.23. The molecule has 5 rings (SSSR count). The summed E-state index contributed by atoms with van der Waals surface area (Å²) in [6, 6.07) is 7.74. The predicted molar refractivity (Wildman–Crippen MR) is 145 cm³/mol. The molecule has 0 radical (unpaired) electrons. The van der Waals surface area contributed by atoms with Gasteiger partial charge < -0.3 is 15.5 Å². The first-order valence-electron chi connectivity index (χ1n) is 14.0. The highest BCUT2D eigenvalue weighted by molar-refractivity contribution is 5.89. The molecular weight excluding hydrogens is 462 g/mol. The molecule has 0 unspecified atom stereocenters. The number of fused-ring (bicyclic) bond motifs is 5. The van der Waals surface area contributed by atoms with Crippen LogP contribution in [-0.2, 0) is 19.9 Å². The molecule has 1 aliphatic heterocycles. The first-order chi connectivity index (χ1) is 17.4. The molecule has 0 bridgehead atoms. The van der Waals surface area contributed by atoms with Gasteiger partial charge >= 0.3 is 0 Å². The molecule has 6 nitrogen and oxygen atoms in total. The number of amides is 3. The van der Waals surface area contributed by atoms with Gasteiger partial charge in [0.25, 0.3) is 0 Å². The van der Waals surface area contributed by atoms with Gasteiger partial charge in [0.1, 0.15) is 0 Å². The van der Waals surface area contributed by atoms with Gasteiger partial charge in [0.2, 0.25) is 17.7 Å². The number of hydrogen-bond acceptors (Lipinski definition) is 3. The van der Waals surface area contributed by atoms with Gasteiger partial charge in [-0.3, -0.25) is 14.4 Å². The van der Waals surface area contributed by atoms with Gasteiger partial charge in [0.05, 0.1) is 5.54 Å². The Hall–Kier alpha value is -2.63. The van der Waals surface area contributed by atoms with Gasteiger partial charge in [-0.2, -0.15) is 0 Å². The van der Waals surface area contributed by atoms with Gasteiger partial charge in [-0.15, -0.1) is 0 Å². The Kier molecular flexibility index (Phi) is 6.32. The first kappa shape index (κ1) is 26.0. The Morgan fingerprint density at radius 2 is 1.76 bits per heavy atom. The van der Waals surface area contributed by atoms with Crippen molar-refractivity contribution in [3.63, 3.8) is 0 Å². The Bertz CT molecular complexity index is 1130. The van der Waals surface area contributed by atoms with Crippen LogP contribution in [0, 0.1) is 34.5 Å². The number of carbonyl (C=O) groups is 3. The lowest BCUT2D eigenvalue weighted by atomic mass is 9.46. The Morgan fingerprint density at radius 3 is 2.43 bits per heavy atom. The molecule has 3 fully saturated rings. The molecule has 37 heavy (non-hydrogen) atoms. The van der Waals surface area contributed by atoms with Crippen molar-refractivity contribution in [1.82, 2.24) is 10.2 Å². The van der Waals surface area contributed by atoms with Crippen LogP contribution in [0.1, 0.15) is 78.7 Å². The van der Waals surface area contributed by atoms with Crippen molar-refractivity contribution >= 4 is 23.4 Å². The quantitative estimate of drug-likeness (QED) is 0.587. The second-order valence-corrected chi connectivity index (χ2v) is 13.3. The number of nitrogens with one attached hydrogen (secondary N) is 2. The zero-order valence-electron chi connectivity index (χ0n) is 23.3. The minimum absolute atomic E-state index is 0.0350. The topological polar surface area (TPSA) is 78.5 Å². The van der Waals surface area contributed by atoms with Gasteiger partial charge in [-0.25, -0.2) is 0 Å². The van der Waals surface area contributed by atoms with Crippen LogP contribution in [0.3, 0.4) is 0 Å². The molecule has 0 saturated heterocycles. The second-order valence-electron chi connectivity index (χ2n) is 13.3. The SMILES string of the molecule is CC(=O)Nc1ccc(C(C)(C)NC(=O)[C@H]2C[C@H]3N(C)C(=O)C=C[C@]3(C)[C@H]3CC[C@]4(C)CCC[C@H]4[C@H]23)cc1. The number of rotatable bonds is 4. The minimum atomic E-state index is -0.566. The van der Waals surface area contributed by atoms with Crippen molar-refractivity contribution in [2.75, 3.05) is 12.4 Å². The van der Waals surface area contributed by atoms with Gasteiger partial charge in [-0.05, 0) is 92.9 Å². The molecule has 1 heterocycles. The van der Waals surface area contributed by atoms with Crippen molar-refractivity contribution in [1.29, 1.82) is 0 Å². The summed E-state index contributed by atoms with van der Waals surface area (Å²) < 4.78 is 0. The van der Waals surface area contributed by atoms with Gasteiger partial charge in [-0.1, -0.05) is 38.5 Å². The van der Waals surface area contributed by atoms with Crippen LogP contribution in [0.2, 0.25) is 0 Å². The lowest BCUT2D eigenvalue weighted by molar-refractivity contribution is -0.155. The molecule has 1 aromatic carbocycles. The summed E-state index contributed by atoms with van der Waals surface area (Å²) in [4.78, 5) is 40.2. The number of anilines is 1. The number of hydrogen-bond donors (Lipinski definition) is 2. The fraction of sp³-hybridized carbons (Fsp3) is 0.645. The van der Waals surface area contributed by atoms with E-state index in [1.807, 2.05) is 50.1 Å². The number of benzene rings is 1. The van der Waals surface area contributed by atoms with Crippen molar-refractivity contribution < 1.29 is 14.4 Å². The maximum Gasteiger partial charge on any atom is 0.246 e. The highest BCUT2D eigenvalue weighted by atomic mass is 16.2. The minimum Gasteiger partial charge on any atom is -0.347 e. The molecular formula is C31H43N3O3. The van der Waals surface area contributed by atoms with Crippen LogP contribution in [0.4, 0.5) is 5.69 Å². The number of carbonyl (C=O) groups excluding carboxylic acids is 3. The Morgan fingerprint density at radius 1 is 1.05 bits per heavy atom. The third-order valence-electron chi connectivity index (χ3n) is 10.7. The van der Waals surface area contributed by atoms with Crippen molar-refractivity contribution in [2.24, 2.45) is 34.5 Å². The normalized spacial score (nSPS) is 36.9. The van der Waals surface area contributed by atoms with Crippen molar-refractivity contribution in [3.8, 4) is 0 Å². The maximum atomic E-state index is 14.2. The van der Waals surface area contributed by atoms with E-state index >= 15 is 0 Å². The molecule has 2 N–H and O–H groups in total. The summed E-state index contributed by atoms with van der Waals surface area (Å²) in [6.45, 7) is 10.4. The monoisotopic (exact) mass is 505 g/mol. The molecule has 7 atom stereocenters. The molecule has 200 valence electrons. The molecule has 3 amide bonds. The van der Waals surface area contributed by atoms with E-state index in [1.165, 1.54) is 32.6 Å². The second kappa shape index (κ2) is 8.99. The molecule has 6 heteroatoms. The summed E-state index contributed by atoms with van der Waals surface area (Å²) in [5.74, 6) is 1.20. The van der Waals surface area contributed by atoms with E-state index in [9.17, 15) is 14.4 Å². The fourth-order valence-corrected chi connectivity index (χ4v) is 8.63. The molecule has 3 saturated carbocycles. The molecule has 4 aliphatic rings. The van der Waals surface area contributed by atoms with E-state index in [2.05, 4.69) is 30.6 Å². The smallest absolute Gasteiger partial charge is 0.246 e. The predicted octanol–water partition coefficient (Wildman–Crippen LogP) is 5.25. The van der Waals surface area contributed by atoms with E-state index in [1.54, 1.807) is 6.08 Å². The summed E-state index contributed by atoms with van der Waals surface area (Å²) in [5.41, 5.74) is 1.40. The molecule has 0 spiro atoms. The molecule has 1 aromatic rings. The van der Waals surface area contributed by atoms with Crippen molar-refractivity contribution in [3.05, 3.63) is 42.0 Å². The summed E-state index contributed by atoms with van der Waals surface area (Å²) >= 11 is 0. The Labute approximate surface area is 221 Å². The number of nitrogens with zero attached hydrogens (tertiary/aromatic N) is 1. The summed E-state index contributed by atoms with van der Waals surface area (Å²) in [6.07, 6.45) is 10.7. The first-order valence-corrected chi connectivity index (χ1v) is 14.0. The Balaban J connectivity index is 1.45. The van der Waals surface area contributed by atoms with Gasteiger partial charge in [0.15, 0.2) is 0 Å². The lowest BCUT2D eigenvalue weighted by Crippen LogP contribution is -2.64. The third-order valence-corrected chi connectivity index (χ3v) is 10.7. The largest absolute Gasteiger partial charge is 0.347 e. The van der Waals surface area contributed by atoms with E-state index in [0.29, 0.717) is 29.6 Å². The molecule has 0 aromatic heterocycles. The third kappa shape index (κ3) is 4.30. The van der Waals surface area contributed by atoms with Crippen molar-refractivity contribution in [2.45, 2.75) is 84.7 Å². The highest BCUT2D eigenvalue weighted by Gasteiger charge is 2.62. The van der Waals surface area contributed by atoms with Crippen LogP contribution < -0.4 is 10.6 Å². The lowest BCUT2D eigenvalue weighted by Gasteiger charge is -2.61. The maximum absolute atomic E-state index is 14.2. The van der Waals surface area contributed by atoms with Crippen LogP contribution in [0.15, 0.2) is 36.4 Å². The van der Waals surface area contributed by atoms with Crippen LogP contribution in [-0.4, -0.2) is 35.7 Å². The summed E-state index contributed by atoms with van der Waals surface area (Å²) in [5, 5.41) is 6.22. The van der Waals surface area contributed by atoms with E-state index in [0.717, 1.165) is 17.7 Å². The molecule has 3 aliphatic carbocycles.